The molecule has 0 aliphatic heterocycles. The van der Waals surface area contributed by atoms with Gasteiger partial charge in [-0.2, -0.15) is 0 Å². The van der Waals surface area contributed by atoms with Crippen LogP contribution in [0.15, 0.2) is 18.2 Å². The van der Waals surface area contributed by atoms with Crippen LogP contribution < -0.4 is 5.73 Å². The van der Waals surface area contributed by atoms with E-state index in [-0.39, 0.29) is 6.04 Å². The van der Waals surface area contributed by atoms with Gasteiger partial charge in [-0.25, -0.2) is 0 Å². The van der Waals surface area contributed by atoms with Crippen LogP contribution in [0.3, 0.4) is 0 Å². The molecule has 1 atom stereocenters. The zero-order valence-electron chi connectivity index (χ0n) is 6.14. The topological polar surface area (TPSA) is 26.0 Å². The Kier molecular flexibility index (Phi) is 3.16. The molecule has 0 aromatic heterocycles. The van der Waals surface area contributed by atoms with Gasteiger partial charge in [-0.05, 0) is 53.3 Å². The van der Waals surface area contributed by atoms with Gasteiger partial charge in [-0.15, -0.1) is 0 Å². The predicted molar refractivity (Wildman–Crippen MR) is 56.8 cm³/mol. The highest BCUT2D eigenvalue weighted by atomic mass is 127. The Balaban J connectivity index is 3.13. The van der Waals surface area contributed by atoms with E-state index in [9.17, 15) is 0 Å². The van der Waals surface area contributed by atoms with Crippen molar-refractivity contribution < 1.29 is 0 Å². The lowest BCUT2D eigenvalue weighted by Crippen LogP contribution is -2.05. The van der Waals surface area contributed by atoms with Gasteiger partial charge in [-0.1, -0.05) is 11.6 Å². The highest BCUT2D eigenvalue weighted by molar-refractivity contribution is 14.1. The third kappa shape index (κ3) is 2.32. The van der Waals surface area contributed by atoms with Gasteiger partial charge in [0.1, 0.15) is 0 Å². The van der Waals surface area contributed by atoms with Gasteiger partial charge in [-0.3, -0.25) is 0 Å². The molecule has 0 saturated carbocycles. The average Bonchev–Trinajstić information content (AvgIpc) is 1.94. The number of halogens is 2. The lowest BCUT2D eigenvalue weighted by molar-refractivity contribution is 0.818. The number of hydrogen-bond acceptors (Lipinski definition) is 1. The van der Waals surface area contributed by atoms with E-state index in [4.69, 9.17) is 17.3 Å². The highest BCUT2D eigenvalue weighted by Gasteiger charge is 2.04. The van der Waals surface area contributed by atoms with Crippen LogP contribution in [0.1, 0.15) is 18.5 Å². The largest absolute Gasteiger partial charge is 0.324 e. The van der Waals surface area contributed by atoms with Gasteiger partial charge in [0.2, 0.25) is 0 Å². The van der Waals surface area contributed by atoms with Gasteiger partial charge in [0.15, 0.2) is 0 Å². The normalized spacial score (nSPS) is 13.1. The fraction of sp³-hybridized carbons (Fsp3) is 0.250. The number of nitrogens with two attached hydrogens (primary N) is 1. The second kappa shape index (κ2) is 3.74. The third-order valence-electron chi connectivity index (χ3n) is 1.45. The zero-order valence-corrected chi connectivity index (χ0v) is 9.06. The first-order valence-corrected chi connectivity index (χ1v) is 4.77. The minimum atomic E-state index is 0.0113. The first kappa shape index (κ1) is 9.29. The molecule has 0 radical (unpaired) electrons. The van der Waals surface area contributed by atoms with Crippen LogP contribution >= 0.6 is 34.2 Å². The first-order valence-electron chi connectivity index (χ1n) is 3.32. The van der Waals surface area contributed by atoms with E-state index in [2.05, 4.69) is 22.6 Å². The molecular formula is C8H9ClIN. The van der Waals surface area contributed by atoms with E-state index in [0.717, 1.165) is 10.6 Å². The Labute approximate surface area is 85.1 Å². The van der Waals surface area contributed by atoms with Crippen molar-refractivity contribution in [3.8, 4) is 0 Å². The predicted octanol–water partition coefficient (Wildman–Crippen LogP) is 2.96. The Bertz CT molecular complexity index is 260. The molecule has 0 spiro atoms. The van der Waals surface area contributed by atoms with Crippen molar-refractivity contribution in [3.63, 3.8) is 0 Å². The maximum Gasteiger partial charge on any atom is 0.0454 e. The quantitative estimate of drug-likeness (QED) is 0.787. The SMILES string of the molecule is CC(N)c1cc(I)ccc1Cl. The molecule has 1 aromatic carbocycles. The standard InChI is InChI=1S/C8H9ClIN/c1-5(11)7-4-6(10)2-3-8(7)9/h2-5H,11H2,1H3. The molecule has 0 amide bonds. The second-order valence-electron chi connectivity index (χ2n) is 2.45. The van der Waals surface area contributed by atoms with E-state index in [1.807, 2.05) is 25.1 Å². The van der Waals surface area contributed by atoms with Gasteiger partial charge in [0, 0.05) is 14.6 Å². The minimum absolute atomic E-state index is 0.0113. The minimum Gasteiger partial charge on any atom is -0.324 e. The average molecular weight is 282 g/mol. The molecule has 0 saturated heterocycles. The first-order chi connectivity index (χ1) is 5.11. The Hall–Kier alpha value is 0.200. The van der Waals surface area contributed by atoms with Crippen LogP contribution in [-0.2, 0) is 0 Å². The van der Waals surface area contributed by atoms with Crippen LogP contribution in [0.4, 0.5) is 0 Å². The molecule has 1 unspecified atom stereocenters. The fourth-order valence-electron chi connectivity index (χ4n) is 0.864. The summed E-state index contributed by atoms with van der Waals surface area (Å²) in [7, 11) is 0. The smallest absolute Gasteiger partial charge is 0.0454 e. The maximum absolute atomic E-state index is 5.91. The van der Waals surface area contributed by atoms with Crippen LogP contribution in [0.2, 0.25) is 5.02 Å². The van der Waals surface area contributed by atoms with Crippen molar-refractivity contribution in [2.45, 2.75) is 13.0 Å². The molecule has 0 bridgehead atoms. The molecule has 1 aromatic rings. The van der Waals surface area contributed by atoms with E-state index in [1.54, 1.807) is 0 Å². The summed E-state index contributed by atoms with van der Waals surface area (Å²) in [6.45, 7) is 1.93. The molecular weight excluding hydrogens is 272 g/mol. The summed E-state index contributed by atoms with van der Waals surface area (Å²) in [5.74, 6) is 0. The van der Waals surface area contributed by atoms with Crippen molar-refractivity contribution in [3.05, 3.63) is 32.4 Å². The monoisotopic (exact) mass is 281 g/mol. The maximum atomic E-state index is 5.91. The van der Waals surface area contributed by atoms with Gasteiger partial charge >= 0.3 is 0 Å². The van der Waals surface area contributed by atoms with Crippen LogP contribution in [-0.4, -0.2) is 0 Å². The van der Waals surface area contributed by atoms with Crippen LogP contribution in [0.25, 0.3) is 0 Å². The van der Waals surface area contributed by atoms with Gasteiger partial charge in [0.25, 0.3) is 0 Å². The lowest BCUT2D eigenvalue weighted by atomic mass is 10.1. The van der Waals surface area contributed by atoms with E-state index < -0.39 is 0 Å². The molecule has 0 heterocycles. The number of hydrogen-bond donors (Lipinski definition) is 1. The summed E-state index contributed by atoms with van der Waals surface area (Å²) in [4.78, 5) is 0. The molecule has 2 N–H and O–H groups in total. The molecule has 0 aliphatic carbocycles. The third-order valence-corrected chi connectivity index (χ3v) is 2.46. The van der Waals surface area contributed by atoms with Crippen molar-refractivity contribution >= 4 is 34.2 Å². The van der Waals surface area contributed by atoms with Crippen LogP contribution in [0, 0.1) is 3.57 Å². The molecule has 60 valence electrons. The Morgan fingerprint density at radius 3 is 2.64 bits per heavy atom. The molecule has 11 heavy (non-hydrogen) atoms. The lowest BCUT2D eigenvalue weighted by Gasteiger charge is -2.07. The van der Waals surface area contributed by atoms with Crippen molar-refractivity contribution in [2.75, 3.05) is 0 Å². The number of rotatable bonds is 1. The number of benzene rings is 1. The van der Waals surface area contributed by atoms with Crippen molar-refractivity contribution in [1.82, 2.24) is 0 Å². The Morgan fingerprint density at radius 2 is 2.18 bits per heavy atom. The molecule has 1 rings (SSSR count). The molecule has 0 aliphatic rings. The summed E-state index contributed by atoms with van der Waals surface area (Å²) in [6.07, 6.45) is 0. The summed E-state index contributed by atoms with van der Waals surface area (Å²) in [5.41, 5.74) is 6.71. The van der Waals surface area contributed by atoms with E-state index in [0.29, 0.717) is 0 Å². The summed E-state index contributed by atoms with van der Waals surface area (Å²) >= 11 is 8.15. The van der Waals surface area contributed by atoms with E-state index >= 15 is 0 Å². The van der Waals surface area contributed by atoms with Gasteiger partial charge < -0.3 is 5.73 Å². The summed E-state index contributed by atoms with van der Waals surface area (Å²) < 4.78 is 1.17. The van der Waals surface area contributed by atoms with Crippen molar-refractivity contribution in [1.29, 1.82) is 0 Å². The van der Waals surface area contributed by atoms with Gasteiger partial charge in [0.05, 0.1) is 0 Å². The molecule has 1 nitrogen and oxygen atoms in total. The summed E-state index contributed by atoms with van der Waals surface area (Å²) in [5, 5.41) is 0.750. The van der Waals surface area contributed by atoms with Crippen LogP contribution in [0.5, 0.6) is 0 Å². The summed E-state index contributed by atoms with van der Waals surface area (Å²) in [6, 6.07) is 5.86. The Morgan fingerprint density at radius 1 is 1.55 bits per heavy atom. The fourth-order valence-corrected chi connectivity index (χ4v) is 1.67. The second-order valence-corrected chi connectivity index (χ2v) is 4.11. The highest BCUT2D eigenvalue weighted by Crippen LogP contribution is 2.23. The van der Waals surface area contributed by atoms with E-state index in [1.165, 1.54) is 3.57 Å². The zero-order chi connectivity index (χ0) is 8.43. The molecule has 0 fully saturated rings. The van der Waals surface area contributed by atoms with Crippen molar-refractivity contribution in [2.24, 2.45) is 5.73 Å². The molecule has 3 heteroatoms.